The molecule has 4 amide bonds. The minimum Gasteiger partial charge on any atom is -0.377 e. The Kier molecular flexibility index (Phi) is 19.0. The Morgan fingerprint density at radius 1 is 0.739 bits per heavy atom. The van der Waals surface area contributed by atoms with Crippen molar-refractivity contribution >= 4 is 17.8 Å². The summed E-state index contributed by atoms with van der Waals surface area (Å²) < 4.78 is 40.0. The molecule has 3 heterocycles. The zero-order chi connectivity index (χ0) is 32.7. The number of ether oxygens (including phenoxy) is 7. The molecule has 16 heteroatoms. The predicted octanol–water partition coefficient (Wildman–Crippen LogP) is 0.261. The van der Waals surface area contributed by atoms with E-state index in [-0.39, 0.29) is 24.4 Å². The number of carbonyl (C=O) groups is 3. The van der Waals surface area contributed by atoms with E-state index in [1.54, 1.807) is 10.9 Å². The van der Waals surface area contributed by atoms with Crippen molar-refractivity contribution in [3.63, 3.8) is 0 Å². The number of urea groups is 1. The van der Waals surface area contributed by atoms with Gasteiger partial charge < -0.3 is 43.4 Å². The van der Waals surface area contributed by atoms with Crippen molar-refractivity contribution in [3.8, 4) is 0 Å². The van der Waals surface area contributed by atoms with E-state index >= 15 is 0 Å². The van der Waals surface area contributed by atoms with E-state index in [9.17, 15) is 14.4 Å². The van der Waals surface area contributed by atoms with Gasteiger partial charge in [0.15, 0.2) is 0 Å². The fourth-order valence-electron chi connectivity index (χ4n) is 4.40. The summed E-state index contributed by atoms with van der Waals surface area (Å²) in [5.74, 6) is 0.00408. The van der Waals surface area contributed by atoms with E-state index in [4.69, 9.17) is 33.2 Å². The molecule has 1 aromatic heterocycles. The molecule has 0 atom stereocenters. The molecule has 3 rings (SSSR count). The maximum atomic E-state index is 12.1. The summed E-state index contributed by atoms with van der Waals surface area (Å²) in [7, 11) is 0. The highest BCUT2D eigenvalue weighted by Gasteiger charge is 2.24. The molecule has 1 saturated heterocycles. The molecule has 2 aliphatic heterocycles. The lowest BCUT2D eigenvalue weighted by Gasteiger charge is -2.30. The summed E-state index contributed by atoms with van der Waals surface area (Å²) in [6.45, 7) is 11.5. The average Bonchev–Trinajstić information content (AvgIpc) is 3.64. The van der Waals surface area contributed by atoms with Gasteiger partial charge in [-0.25, -0.2) is 9.48 Å². The van der Waals surface area contributed by atoms with Crippen molar-refractivity contribution < 1.29 is 47.5 Å². The smallest absolute Gasteiger partial charge is 0.317 e. The van der Waals surface area contributed by atoms with Gasteiger partial charge in [-0.2, -0.15) is 0 Å². The second-order valence-electron chi connectivity index (χ2n) is 10.8. The fourth-order valence-corrected chi connectivity index (χ4v) is 4.40. The normalized spacial score (nSPS) is 15.4. The van der Waals surface area contributed by atoms with E-state index in [1.165, 1.54) is 12.2 Å². The number of nitrogens with one attached hydrogen (secondary N) is 1. The van der Waals surface area contributed by atoms with Crippen LogP contribution in [0.4, 0.5) is 4.79 Å². The molecule has 1 aromatic rings. The van der Waals surface area contributed by atoms with Crippen LogP contribution < -0.4 is 5.32 Å². The molecular weight excluding hydrogens is 604 g/mol. The first-order valence-corrected chi connectivity index (χ1v) is 16.0. The maximum Gasteiger partial charge on any atom is 0.317 e. The molecule has 0 unspecified atom stereocenters. The first-order valence-electron chi connectivity index (χ1n) is 16.0. The molecule has 1 fully saturated rings. The summed E-state index contributed by atoms with van der Waals surface area (Å²) >= 11 is 0. The van der Waals surface area contributed by atoms with Gasteiger partial charge in [-0.15, -0.1) is 5.10 Å². The Balaban J connectivity index is 0.965. The molecule has 0 aliphatic carbocycles. The summed E-state index contributed by atoms with van der Waals surface area (Å²) in [6, 6.07) is -0.00651. The van der Waals surface area contributed by atoms with Gasteiger partial charge >= 0.3 is 6.03 Å². The Labute approximate surface area is 270 Å². The fraction of sp³-hybridized carbons (Fsp3) is 0.767. The van der Waals surface area contributed by atoms with E-state index in [0.29, 0.717) is 117 Å². The predicted molar refractivity (Wildman–Crippen MR) is 164 cm³/mol. The number of aromatic nitrogens is 3. The standard InChI is InChI=1S/C30H50N6O10/c1-26-4-7-34(8-5-26)30(39)31-6-10-40-12-14-42-16-18-44-20-22-46-23-21-45-19-17-43-15-13-41-11-9-35-24-27(32-33-35)25-36-28(37)2-3-29(36)38/h2-3,24,26H,4-23,25H2,1H3,(H,31,39). The molecule has 0 aromatic carbocycles. The summed E-state index contributed by atoms with van der Waals surface area (Å²) in [5.41, 5.74) is 0.533. The van der Waals surface area contributed by atoms with Gasteiger partial charge in [-0.3, -0.25) is 14.5 Å². The van der Waals surface area contributed by atoms with Crippen LogP contribution in [0.1, 0.15) is 25.5 Å². The lowest BCUT2D eigenvalue weighted by Crippen LogP contribution is -2.45. The van der Waals surface area contributed by atoms with Crippen molar-refractivity contribution in [1.82, 2.24) is 30.1 Å². The van der Waals surface area contributed by atoms with Gasteiger partial charge in [0.1, 0.15) is 5.69 Å². The molecule has 46 heavy (non-hydrogen) atoms. The minimum atomic E-state index is -0.348. The second kappa shape index (κ2) is 23.3. The SMILES string of the molecule is CC1CCN(C(=O)NCCOCCOCCOCCOCCOCCOCCOCCn2cc(CN3C(=O)C=CC3=O)nn2)CC1. The van der Waals surface area contributed by atoms with Gasteiger partial charge in [0.25, 0.3) is 11.8 Å². The molecule has 2 aliphatic rings. The molecule has 0 spiro atoms. The number of amides is 4. The number of carbonyl (C=O) groups excluding carboxylic acids is 3. The summed E-state index contributed by atoms with van der Waals surface area (Å²) in [5, 5.41) is 10.9. The van der Waals surface area contributed by atoms with Crippen LogP contribution in [0, 0.1) is 5.92 Å². The van der Waals surface area contributed by atoms with Gasteiger partial charge in [0, 0.05) is 31.8 Å². The number of likely N-dealkylation sites (tertiary alicyclic amines) is 1. The number of hydrogen-bond acceptors (Lipinski definition) is 12. The molecule has 0 bridgehead atoms. The monoisotopic (exact) mass is 654 g/mol. The summed E-state index contributed by atoms with van der Waals surface area (Å²) in [4.78, 5) is 38.3. The Morgan fingerprint density at radius 3 is 1.70 bits per heavy atom. The molecule has 1 N–H and O–H groups in total. The molecule has 260 valence electrons. The van der Waals surface area contributed by atoms with E-state index in [0.717, 1.165) is 30.8 Å². The van der Waals surface area contributed by atoms with Crippen molar-refractivity contribution in [1.29, 1.82) is 0 Å². The highest BCUT2D eigenvalue weighted by molar-refractivity contribution is 6.12. The minimum absolute atomic E-state index is 0.00651. The van der Waals surface area contributed by atoms with Crippen molar-refractivity contribution in [3.05, 3.63) is 24.0 Å². The Bertz CT molecular complexity index is 1020. The van der Waals surface area contributed by atoms with Crippen molar-refractivity contribution in [2.45, 2.75) is 32.9 Å². The first kappa shape index (κ1) is 37.5. The highest BCUT2D eigenvalue weighted by Crippen LogP contribution is 2.15. The zero-order valence-corrected chi connectivity index (χ0v) is 27.0. The number of piperidine rings is 1. The van der Waals surface area contributed by atoms with Crippen LogP contribution >= 0.6 is 0 Å². The quantitative estimate of drug-likeness (QED) is 0.107. The highest BCUT2D eigenvalue weighted by atomic mass is 16.6. The largest absolute Gasteiger partial charge is 0.377 e. The van der Waals surface area contributed by atoms with Crippen LogP contribution in [0.2, 0.25) is 0 Å². The third-order valence-corrected chi connectivity index (χ3v) is 7.10. The topological polar surface area (TPSA) is 165 Å². The lowest BCUT2D eigenvalue weighted by molar-refractivity contribution is -0.137. The first-order chi connectivity index (χ1) is 22.5. The molecule has 16 nitrogen and oxygen atoms in total. The van der Waals surface area contributed by atoms with Gasteiger partial charge in [0.2, 0.25) is 0 Å². The van der Waals surface area contributed by atoms with E-state index in [2.05, 4.69) is 22.6 Å². The molecule has 0 radical (unpaired) electrons. The Hall–Kier alpha value is -2.99. The van der Waals surface area contributed by atoms with E-state index < -0.39 is 0 Å². The third kappa shape index (κ3) is 16.0. The lowest BCUT2D eigenvalue weighted by atomic mass is 10.00. The number of imide groups is 1. The zero-order valence-electron chi connectivity index (χ0n) is 27.0. The average molecular weight is 655 g/mol. The van der Waals surface area contributed by atoms with Crippen LogP contribution in [-0.4, -0.2) is 155 Å². The van der Waals surface area contributed by atoms with Gasteiger partial charge in [-0.1, -0.05) is 12.1 Å². The van der Waals surface area contributed by atoms with Gasteiger partial charge in [0.05, 0.1) is 112 Å². The van der Waals surface area contributed by atoms with Crippen LogP contribution in [0.5, 0.6) is 0 Å². The van der Waals surface area contributed by atoms with Crippen molar-refractivity contribution in [2.24, 2.45) is 5.92 Å². The van der Waals surface area contributed by atoms with Crippen molar-refractivity contribution in [2.75, 3.05) is 112 Å². The molecule has 0 saturated carbocycles. The van der Waals surface area contributed by atoms with Crippen LogP contribution in [-0.2, 0) is 55.8 Å². The number of nitrogens with zero attached hydrogens (tertiary/aromatic N) is 5. The second-order valence-corrected chi connectivity index (χ2v) is 10.8. The van der Waals surface area contributed by atoms with Crippen LogP contribution in [0.25, 0.3) is 0 Å². The van der Waals surface area contributed by atoms with E-state index in [1.807, 2.05) is 4.90 Å². The summed E-state index contributed by atoms with van der Waals surface area (Å²) in [6.07, 6.45) is 6.31. The Morgan fingerprint density at radius 2 is 1.20 bits per heavy atom. The molecular formula is C30H50N6O10. The third-order valence-electron chi connectivity index (χ3n) is 7.10. The number of rotatable bonds is 26. The van der Waals surface area contributed by atoms with Gasteiger partial charge in [-0.05, 0) is 18.8 Å². The number of hydrogen-bond donors (Lipinski definition) is 1. The maximum absolute atomic E-state index is 12.1. The van der Waals surface area contributed by atoms with Crippen LogP contribution in [0.3, 0.4) is 0 Å². The van der Waals surface area contributed by atoms with Crippen LogP contribution in [0.15, 0.2) is 18.3 Å².